The molecule has 0 N–H and O–H groups in total. The molecule has 0 aliphatic heterocycles. The van der Waals surface area contributed by atoms with Crippen LogP contribution in [0.15, 0.2) is 0 Å². The highest BCUT2D eigenvalue weighted by molar-refractivity contribution is 7.32. The predicted octanol–water partition coefficient (Wildman–Crippen LogP) is 3.46. The first-order chi connectivity index (χ1) is 6.77. The molecule has 0 spiro atoms. The molecule has 0 saturated heterocycles. The van der Waals surface area contributed by atoms with Crippen LogP contribution < -0.4 is 0 Å². The molecule has 0 aliphatic rings. The molecule has 15 heavy (non-hydrogen) atoms. The van der Waals surface area contributed by atoms with E-state index in [9.17, 15) is 0 Å². The van der Waals surface area contributed by atoms with Crippen LogP contribution in [0.25, 0.3) is 0 Å². The van der Waals surface area contributed by atoms with Crippen molar-refractivity contribution >= 4 is 8.88 Å². The summed E-state index contributed by atoms with van der Waals surface area (Å²) < 4.78 is 5.25. The Morgan fingerprint density at radius 1 is 0.533 bits per heavy atom. The smallest absolute Gasteiger partial charge is 0.127 e. The Labute approximate surface area is 98.3 Å². The molecule has 3 heteroatoms. The molecule has 2 nitrogen and oxygen atoms in total. The molecule has 92 valence electrons. The first kappa shape index (κ1) is 15.3. The first-order valence-electron chi connectivity index (χ1n) is 6.17. The van der Waals surface area contributed by atoms with Gasteiger partial charge in [-0.15, -0.1) is 0 Å². The Bertz CT molecular complexity index is 133. The van der Waals surface area contributed by atoms with E-state index in [0.29, 0.717) is 24.2 Å². The molecule has 0 bridgehead atoms. The molecule has 0 fully saturated rings. The molecule has 0 aliphatic carbocycles. The Morgan fingerprint density at radius 3 is 0.867 bits per heavy atom. The lowest BCUT2D eigenvalue weighted by Gasteiger charge is -2.32. The summed E-state index contributed by atoms with van der Waals surface area (Å²) in [5, 5.41) is 0. The van der Waals surface area contributed by atoms with Gasteiger partial charge < -0.3 is 0 Å². The molecule has 0 atom stereocenters. The quantitative estimate of drug-likeness (QED) is 0.648. The van der Waals surface area contributed by atoms with E-state index in [0.717, 1.165) is 0 Å². The van der Waals surface area contributed by atoms with Crippen LogP contribution in [0, 0.1) is 0 Å². The van der Waals surface area contributed by atoms with Gasteiger partial charge in [0.25, 0.3) is 0 Å². The highest BCUT2D eigenvalue weighted by atomic mass is 31.1. The van der Waals surface area contributed by atoms with E-state index in [-0.39, 0.29) is 8.88 Å². The van der Waals surface area contributed by atoms with Gasteiger partial charge in [0.05, 0.1) is 0 Å². The maximum absolute atomic E-state index is 2.62. The maximum atomic E-state index is 2.62. The van der Waals surface area contributed by atoms with Crippen LogP contribution in [0.1, 0.15) is 55.4 Å². The zero-order chi connectivity index (χ0) is 12.2. The minimum absolute atomic E-state index is 0.259. The van der Waals surface area contributed by atoms with Crippen molar-refractivity contribution in [3.8, 4) is 0 Å². The number of rotatable bonds is 6. The molecule has 0 aromatic carbocycles. The van der Waals surface area contributed by atoms with Gasteiger partial charge in [-0.3, -0.25) is 0 Å². The van der Waals surface area contributed by atoms with Gasteiger partial charge in [-0.1, -0.05) is 0 Å². The molecular weight excluding hydrogens is 203 g/mol. The highest BCUT2D eigenvalue weighted by Crippen LogP contribution is 2.32. The van der Waals surface area contributed by atoms with Gasteiger partial charge in [0.15, 0.2) is 0 Å². The summed E-state index contributed by atoms with van der Waals surface area (Å²) in [4.78, 5) is 0. The number of hydrogen-bond donors (Lipinski definition) is 0. The van der Waals surface area contributed by atoms with Gasteiger partial charge in [-0.25, -0.2) is 0 Å². The lowest BCUT2D eigenvalue weighted by molar-refractivity contribution is 0.267. The molecular formula is C12H30N2P+. The third-order valence-corrected chi connectivity index (χ3v) is 5.57. The van der Waals surface area contributed by atoms with Crippen LogP contribution in [0.2, 0.25) is 0 Å². The number of hydrogen-bond acceptors (Lipinski definition) is 2. The summed E-state index contributed by atoms with van der Waals surface area (Å²) in [5.74, 6) is 0. The van der Waals surface area contributed by atoms with Gasteiger partial charge in [0.2, 0.25) is 0 Å². The van der Waals surface area contributed by atoms with Crippen molar-refractivity contribution < 1.29 is 0 Å². The Balaban J connectivity index is 4.48. The van der Waals surface area contributed by atoms with E-state index in [4.69, 9.17) is 0 Å². The van der Waals surface area contributed by atoms with Crippen molar-refractivity contribution in [1.29, 1.82) is 0 Å². The topological polar surface area (TPSA) is 6.48 Å². The summed E-state index contributed by atoms with van der Waals surface area (Å²) in [6.45, 7) is 18.4. The van der Waals surface area contributed by atoms with Gasteiger partial charge >= 0.3 is 0 Å². The predicted molar refractivity (Wildman–Crippen MR) is 73.9 cm³/mol. The summed E-state index contributed by atoms with van der Waals surface area (Å²) >= 11 is 0. The monoisotopic (exact) mass is 233 g/mol. The second kappa shape index (κ2) is 6.83. The molecule has 0 rings (SSSR count). The van der Waals surface area contributed by atoms with E-state index in [1.807, 2.05) is 0 Å². The highest BCUT2D eigenvalue weighted by Gasteiger charge is 2.27. The Morgan fingerprint density at radius 2 is 0.733 bits per heavy atom. The summed E-state index contributed by atoms with van der Waals surface area (Å²) in [6, 6.07) is 2.61. The van der Waals surface area contributed by atoms with Crippen molar-refractivity contribution in [3.63, 3.8) is 0 Å². The number of nitrogens with zero attached hydrogens (tertiary/aromatic N) is 2. The third kappa shape index (κ3) is 5.29. The average molecular weight is 233 g/mol. The normalized spacial score (nSPS) is 13.2. The molecule has 0 radical (unpaired) electrons. The van der Waals surface area contributed by atoms with E-state index in [2.05, 4.69) is 64.7 Å². The molecule has 0 saturated carbocycles. The van der Waals surface area contributed by atoms with Crippen LogP contribution in [0.4, 0.5) is 0 Å². The molecule has 0 aromatic rings. The van der Waals surface area contributed by atoms with E-state index >= 15 is 0 Å². The van der Waals surface area contributed by atoms with Gasteiger partial charge in [-0.2, -0.15) is 9.34 Å². The zero-order valence-electron chi connectivity index (χ0n) is 11.8. The van der Waals surface area contributed by atoms with Crippen molar-refractivity contribution in [1.82, 2.24) is 9.34 Å². The van der Waals surface area contributed by atoms with E-state index < -0.39 is 0 Å². The van der Waals surface area contributed by atoms with Crippen molar-refractivity contribution in [2.45, 2.75) is 79.6 Å². The van der Waals surface area contributed by atoms with Crippen molar-refractivity contribution in [2.75, 3.05) is 0 Å². The standard InChI is InChI=1S/C12H29N2P/c1-9(2)13(10(3)4)15-14(11(5)6)12(7)8/h9-12,15H,1-8H3/p+1. The fraction of sp³-hybridized carbons (Fsp3) is 1.00. The lowest BCUT2D eigenvalue weighted by atomic mass is 10.3. The minimum Gasteiger partial charge on any atom is -0.163 e. The Hall–Kier alpha value is 0.350. The van der Waals surface area contributed by atoms with Crippen molar-refractivity contribution in [2.24, 2.45) is 0 Å². The second-order valence-corrected chi connectivity index (χ2v) is 6.81. The zero-order valence-corrected chi connectivity index (χ0v) is 12.9. The molecule has 0 aromatic heterocycles. The first-order valence-corrected chi connectivity index (χ1v) is 7.20. The maximum Gasteiger partial charge on any atom is 0.127 e. The van der Waals surface area contributed by atoms with Gasteiger partial charge in [0, 0.05) is 24.2 Å². The van der Waals surface area contributed by atoms with Crippen molar-refractivity contribution in [3.05, 3.63) is 0 Å². The lowest BCUT2D eigenvalue weighted by Crippen LogP contribution is -2.38. The van der Waals surface area contributed by atoms with Crippen LogP contribution in [0.3, 0.4) is 0 Å². The minimum atomic E-state index is 0.259. The third-order valence-electron chi connectivity index (χ3n) is 2.65. The van der Waals surface area contributed by atoms with E-state index in [1.165, 1.54) is 0 Å². The second-order valence-electron chi connectivity index (χ2n) is 5.38. The summed E-state index contributed by atoms with van der Waals surface area (Å²) in [5.41, 5.74) is 0. The van der Waals surface area contributed by atoms with Gasteiger partial charge in [-0.05, 0) is 55.4 Å². The molecule has 0 heterocycles. The molecule has 0 unspecified atom stereocenters. The Kier molecular flexibility index (Phi) is 6.99. The summed E-state index contributed by atoms with van der Waals surface area (Å²) in [7, 11) is 0.259. The largest absolute Gasteiger partial charge is 0.163 e. The molecule has 0 amide bonds. The van der Waals surface area contributed by atoms with Crippen LogP contribution in [-0.2, 0) is 0 Å². The van der Waals surface area contributed by atoms with Crippen LogP contribution in [0.5, 0.6) is 0 Å². The SMILES string of the molecule is CC(C)N([PH2+]N(C(C)C)C(C)C)C(C)C. The fourth-order valence-electron chi connectivity index (χ4n) is 1.88. The summed E-state index contributed by atoms with van der Waals surface area (Å²) in [6.07, 6.45) is 0. The fourth-order valence-corrected chi connectivity index (χ4v) is 3.25. The van der Waals surface area contributed by atoms with Crippen LogP contribution in [-0.4, -0.2) is 33.5 Å². The van der Waals surface area contributed by atoms with E-state index in [1.54, 1.807) is 0 Å². The average Bonchev–Trinajstić information content (AvgIpc) is 2.01. The van der Waals surface area contributed by atoms with Gasteiger partial charge in [0.1, 0.15) is 8.88 Å². The van der Waals surface area contributed by atoms with Crippen LogP contribution >= 0.6 is 8.88 Å².